The molecule has 1 aromatic carbocycles. The SMILES string of the molecule is c1ccc(C2CNC(C3CC3)CN2c2cccnc2)cc1. The summed E-state index contributed by atoms with van der Waals surface area (Å²) in [6.07, 6.45) is 6.61. The van der Waals surface area contributed by atoms with Crippen LogP contribution in [0.2, 0.25) is 0 Å². The predicted molar refractivity (Wildman–Crippen MR) is 85.3 cm³/mol. The van der Waals surface area contributed by atoms with Crippen LogP contribution in [0.15, 0.2) is 54.9 Å². The van der Waals surface area contributed by atoms with E-state index in [1.54, 1.807) is 0 Å². The third-order valence-electron chi connectivity index (χ3n) is 4.70. The van der Waals surface area contributed by atoms with Crippen LogP contribution in [0.1, 0.15) is 24.4 Å². The van der Waals surface area contributed by atoms with Gasteiger partial charge in [-0.1, -0.05) is 30.3 Å². The Labute approximate surface area is 126 Å². The second kappa shape index (κ2) is 5.49. The maximum absolute atomic E-state index is 4.31. The molecular weight excluding hydrogens is 258 g/mol. The van der Waals surface area contributed by atoms with Crippen molar-refractivity contribution in [3.8, 4) is 0 Å². The van der Waals surface area contributed by atoms with Crippen LogP contribution in [0.4, 0.5) is 5.69 Å². The van der Waals surface area contributed by atoms with Crippen LogP contribution in [0.5, 0.6) is 0 Å². The number of nitrogens with one attached hydrogen (secondary N) is 1. The van der Waals surface area contributed by atoms with Gasteiger partial charge in [-0.05, 0) is 36.5 Å². The summed E-state index contributed by atoms with van der Waals surface area (Å²) >= 11 is 0. The molecule has 2 fully saturated rings. The van der Waals surface area contributed by atoms with E-state index in [4.69, 9.17) is 0 Å². The number of benzene rings is 1. The molecule has 1 saturated heterocycles. The molecule has 2 aliphatic rings. The standard InChI is InChI=1S/C18H21N3/c1-2-5-15(6-3-1)18-12-20-17(14-8-9-14)13-21(18)16-7-4-10-19-11-16/h1-7,10-11,14,17-18,20H,8-9,12-13H2. The topological polar surface area (TPSA) is 28.2 Å². The van der Waals surface area contributed by atoms with Gasteiger partial charge in [0, 0.05) is 25.3 Å². The zero-order chi connectivity index (χ0) is 14.1. The van der Waals surface area contributed by atoms with Crippen LogP contribution in [-0.2, 0) is 0 Å². The van der Waals surface area contributed by atoms with Gasteiger partial charge in [0.25, 0.3) is 0 Å². The fourth-order valence-corrected chi connectivity index (χ4v) is 3.37. The molecule has 0 spiro atoms. The molecule has 1 N–H and O–H groups in total. The quantitative estimate of drug-likeness (QED) is 0.936. The van der Waals surface area contributed by atoms with E-state index >= 15 is 0 Å². The van der Waals surface area contributed by atoms with Crippen LogP contribution >= 0.6 is 0 Å². The summed E-state index contributed by atoms with van der Waals surface area (Å²) in [5.41, 5.74) is 2.61. The highest BCUT2D eigenvalue weighted by Crippen LogP contribution is 2.37. The number of hydrogen-bond donors (Lipinski definition) is 1. The highest BCUT2D eigenvalue weighted by molar-refractivity contribution is 5.48. The van der Waals surface area contributed by atoms with Crippen molar-refractivity contribution in [1.29, 1.82) is 0 Å². The molecule has 4 rings (SSSR count). The first-order chi connectivity index (χ1) is 10.4. The van der Waals surface area contributed by atoms with Gasteiger partial charge in [0.05, 0.1) is 17.9 Å². The lowest BCUT2D eigenvalue weighted by Gasteiger charge is -2.42. The van der Waals surface area contributed by atoms with Crippen LogP contribution in [0, 0.1) is 5.92 Å². The van der Waals surface area contributed by atoms with Gasteiger partial charge in [-0.3, -0.25) is 4.98 Å². The Hall–Kier alpha value is -1.87. The molecule has 0 amide bonds. The highest BCUT2D eigenvalue weighted by Gasteiger charge is 2.37. The fourth-order valence-electron chi connectivity index (χ4n) is 3.37. The van der Waals surface area contributed by atoms with Gasteiger partial charge in [0.2, 0.25) is 0 Å². The second-order valence-corrected chi connectivity index (χ2v) is 6.14. The molecule has 1 aromatic heterocycles. The number of hydrogen-bond acceptors (Lipinski definition) is 3. The minimum absolute atomic E-state index is 0.394. The van der Waals surface area contributed by atoms with Crippen LogP contribution in [0.3, 0.4) is 0 Å². The van der Waals surface area contributed by atoms with Crippen molar-refractivity contribution in [2.24, 2.45) is 5.92 Å². The summed E-state index contributed by atoms with van der Waals surface area (Å²) in [4.78, 5) is 6.84. The number of nitrogens with zero attached hydrogens (tertiary/aromatic N) is 2. The average Bonchev–Trinajstić information content (AvgIpc) is 3.41. The summed E-state index contributed by atoms with van der Waals surface area (Å²) in [6.45, 7) is 2.09. The minimum Gasteiger partial charge on any atom is -0.360 e. The monoisotopic (exact) mass is 279 g/mol. The number of aromatic nitrogens is 1. The average molecular weight is 279 g/mol. The molecule has 1 aliphatic carbocycles. The molecule has 21 heavy (non-hydrogen) atoms. The molecular formula is C18H21N3. The van der Waals surface area contributed by atoms with E-state index in [0.29, 0.717) is 12.1 Å². The highest BCUT2D eigenvalue weighted by atomic mass is 15.2. The van der Waals surface area contributed by atoms with Crippen LogP contribution in [-0.4, -0.2) is 24.1 Å². The summed E-state index contributed by atoms with van der Waals surface area (Å²) < 4.78 is 0. The Kier molecular flexibility index (Phi) is 3.36. The predicted octanol–water partition coefficient (Wildman–Crippen LogP) is 3.01. The molecule has 108 valence electrons. The third-order valence-corrected chi connectivity index (χ3v) is 4.70. The molecule has 2 heterocycles. The van der Waals surface area contributed by atoms with Gasteiger partial charge in [-0.2, -0.15) is 0 Å². The summed E-state index contributed by atoms with van der Waals surface area (Å²) in [5, 5.41) is 3.77. The molecule has 1 aliphatic heterocycles. The van der Waals surface area contributed by atoms with E-state index in [9.17, 15) is 0 Å². The smallest absolute Gasteiger partial charge is 0.0668 e. The summed E-state index contributed by atoms with van der Waals surface area (Å²) in [5.74, 6) is 0.876. The van der Waals surface area contributed by atoms with Gasteiger partial charge in [0.15, 0.2) is 0 Å². The van der Waals surface area contributed by atoms with Crippen LogP contribution < -0.4 is 10.2 Å². The lowest BCUT2D eigenvalue weighted by Crippen LogP contribution is -2.53. The van der Waals surface area contributed by atoms with Gasteiger partial charge >= 0.3 is 0 Å². The first-order valence-electron chi connectivity index (χ1n) is 7.87. The van der Waals surface area contributed by atoms with E-state index in [1.165, 1.54) is 24.1 Å². The molecule has 0 radical (unpaired) electrons. The normalized spacial score (nSPS) is 25.8. The molecule has 2 atom stereocenters. The van der Waals surface area contributed by atoms with Crippen molar-refractivity contribution in [3.05, 3.63) is 60.4 Å². The van der Waals surface area contributed by atoms with Crippen LogP contribution in [0.25, 0.3) is 0 Å². The molecule has 1 saturated carbocycles. The molecule has 3 nitrogen and oxygen atoms in total. The molecule has 0 bridgehead atoms. The summed E-state index contributed by atoms with van der Waals surface area (Å²) in [7, 11) is 0. The Balaban J connectivity index is 1.65. The molecule has 2 aromatic rings. The molecule has 3 heteroatoms. The largest absolute Gasteiger partial charge is 0.360 e. The van der Waals surface area contributed by atoms with E-state index in [-0.39, 0.29) is 0 Å². The lowest BCUT2D eigenvalue weighted by molar-refractivity contribution is 0.369. The Morgan fingerprint density at radius 2 is 1.90 bits per heavy atom. The van der Waals surface area contributed by atoms with Gasteiger partial charge < -0.3 is 10.2 Å². The van der Waals surface area contributed by atoms with E-state index in [0.717, 1.165) is 19.0 Å². The van der Waals surface area contributed by atoms with E-state index in [1.807, 2.05) is 18.5 Å². The maximum atomic E-state index is 4.31. The summed E-state index contributed by atoms with van der Waals surface area (Å²) in [6, 6.07) is 16.0. The number of anilines is 1. The minimum atomic E-state index is 0.394. The van der Waals surface area contributed by atoms with Gasteiger partial charge in [-0.25, -0.2) is 0 Å². The van der Waals surface area contributed by atoms with Crippen molar-refractivity contribution >= 4 is 5.69 Å². The maximum Gasteiger partial charge on any atom is 0.0668 e. The number of rotatable bonds is 3. The Morgan fingerprint density at radius 1 is 1.05 bits per heavy atom. The van der Waals surface area contributed by atoms with Crippen molar-refractivity contribution in [3.63, 3.8) is 0 Å². The van der Waals surface area contributed by atoms with E-state index in [2.05, 4.69) is 51.6 Å². The third kappa shape index (κ3) is 2.66. The molecule has 2 unspecified atom stereocenters. The number of pyridine rings is 1. The van der Waals surface area contributed by atoms with Crippen molar-refractivity contribution in [2.45, 2.75) is 24.9 Å². The first kappa shape index (κ1) is 12.8. The van der Waals surface area contributed by atoms with Gasteiger partial charge in [0.1, 0.15) is 0 Å². The van der Waals surface area contributed by atoms with Crippen molar-refractivity contribution in [2.75, 3.05) is 18.0 Å². The zero-order valence-corrected chi connectivity index (χ0v) is 12.2. The second-order valence-electron chi connectivity index (χ2n) is 6.14. The fraction of sp³-hybridized carbons (Fsp3) is 0.389. The zero-order valence-electron chi connectivity index (χ0n) is 12.2. The lowest BCUT2D eigenvalue weighted by atomic mass is 9.98. The van der Waals surface area contributed by atoms with E-state index < -0.39 is 0 Å². The first-order valence-corrected chi connectivity index (χ1v) is 7.87. The number of piperazine rings is 1. The van der Waals surface area contributed by atoms with Crippen molar-refractivity contribution in [1.82, 2.24) is 10.3 Å². The Morgan fingerprint density at radius 3 is 2.62 bits per heavy atom. The Bertz CT molecular complexity index is 580. The van der Waals surface area contributed by atoms with Gasteiger partial charge in [-0.15, -0.1) is 0 Å². The van der Waals surface area contributed by atoms with Crippen molar-refractivity contribution < 1.29 is 0 Å².